The van der Waals surface area contributed by atoms with Gasteiger partial charge in [0.1, 0.15) is 29.5 Å². The minimum Gasteiger partial charge on any atom is -0.497 e. The lowest BCUT2D eigenvalue weighted by atomic mass is 9.93. The number of methoxy groups -OCH3 is 2. The average molecular weight is 355 g/mol. The summed E-state index contributed by atoms with van der Waals surface area (Å²) in [6, 6.07) is 8.35. The van der Waals surface area contributed by atoms with Crippen LogP contribution < -0.4 is 25.0 Å². The van der Waals surface area contributed by atoms with Crippen molar-refractivity contribution >= 4 is 17.3 Å². The molecule has 0 amide bonds. The number of nitrogens with zero attached hydrogens (tertiary/aromatic N) is 3. The molecule has 7 heteroatoms. The molecule has 2 saturated heterocycles. The second-order valence-corrected chi connectivity index (χ2v) is 6.80. The molecule has 2 atom stereocenters. The molecule has 4 rings (SSSR count). The van der Waals surface area contributed by atoms with Gasteiger partial charge in [0.25, 0.3) is 0 Å². The normalized spacial score (nSPS) is 22.0. The zero-order valence-corrected chi connectivity index (χ0v) is 15.2. The predicted octanol–water partition coefficient (Wildman–Crippen LogP) is 2.43. The standard InChI is InChI=1S/C19H25N5O2/c1-25-14-3-4-16(17(9-14)26-2)23-18-10-19(22-12-21-18)24-8-6-15-13(11-24)5-7-20-15/h3-4,9-10,12-13,15,20H,5-8,11H2,1-2H3,(H,21,22,23)/t13-,15+/m1/s1. The lowest BCUT2D eigenvalue weighted by Gasteiger charge is -2.35. The molecule has 0 bridgehead atoms. The Morgan fingerprint density at radius 2 is 2.08 bits per heavy atom. The number of fused-ring (bicyclic) bond motifs is 1. The molecule has 3 heterocycles. The van der Waals surface area contributed by atoms with Crippen molar-refractivity contribution in [1.29, 1.82) is 0 Å². The first-order chi connectivity index (χ1) is 12.8. The molecule has 0 unspecified atom stereocenters. The lowest BCUT2D eigenvalue weighted by molar-refractivity contribution is 0.375. The zero-order chi connectivity index (χ0) is 17.9. The number of anilines is 3. The van der Waals surface area contributed by atoms with E-state index in [-0.39, 0.29) is 0 Å². The van der Waals surface area contributed by atoms with Gasteiger partial charge in [0.05, 0.1) is 19.9 Å². The Morgan fingerprint density at radius 3 is 2.92 bits per heavy atom. The molecule has 0 saturated carbocycles. The quantitative estimate of drug-likeness (QED) is 0.853. The van der Waals surface area contributed by atoms with E-state index in [1.807, 2.05) is 24.3 Å². The van der Waals surface area contributed by atoms with Crippen molar-refractivity contribution in [3.63, 3.8) is 0 Å². The van der Waals surface area contributed by atoms with E-state index in [2.05, 4.69) is 25.5 Å². The largest absolute Gasteiger partial charge is 0.497 e. The van der Waals surface area contributed by atoms with E-state index in [9.17, 15) is 0 Å². The number of hydrogen-bond donors (Lipinski definition) is 2. The van der Waals surface area contributed by atoms with Crippen LogP contribution in [0.5, 0.6) is 11.5 Å². The minimum absolute atomic E-state index is 0.675. The van der Waals surface area contributed by atoms with Crippen LogP contribution >= 0.6 is 0 Å². The van der Waals surface area contributed by atoms with Crippen LogP contribution in [0.3, 0.4) is 0 Å². The number of hydrogen-bond acceptors (Lipinski definition) is 7. The number of ether oxygens (including phenoxy) is 2. The van der Waals surface area contributed by atoms with Crippen molar-refractivity contribution in [2.75, 3.05) is 44.1 Å². The Bertz CT molecular complexity index is 769. The molecular weight excluding hydrogens is 330 g/mol. The van der Waals surface area contributed by atoms with Crippen LogP contribution in [0.15, 0.2) is 30.6 Å². The first-order valence-corrected chi connectivity index (χ1v) is 9.06. The van der Waals surface area contributed by atoms with Crippen molar-refractivity contribution < 1.29 is 9.47 Å². The van der Waals surface area contributed by atoms with Crippen LogP contribution in [0.4, 0.5) is 17.3 Å². The Hall–Kier alpha value is -2.54. The van der Waals surface area contributed by atoms with Gasteiger partial charge in [0, 0.05) is 31.3 Å². The first-order valence-electron chi connectivity index (χ1n) is 9.06. The van der Waals surface area contributed by atoms with E-state index < -0.39 is 0 Å². The van der Waals surface area contributed by atoms with Gasteiger partial charge < -0.3 is 25.0 Å². The van der Waals surface area contributed by atoms with E-state index in [1.165, 1.54) is 12.8 Å². The van der Waals surface area contributed by atoms with Gasteiger partial charge in [-0.3, -0.25) is 0 Å². The SMILES string of the molecule is COc1ccc(Nc2cc(N3CC[C@@H]4NCC[C@@H]4C3)ncn2)c(OC)c1. The lowest BCUT2D eigenvalue weighted by Crippen LogP contribution is -2.44. The van der Waals surface area contributed by atoms with Crippen LogP contribution in [0.2, 0.25) is 0 Å². The molecule has 2 aromatic rings. The van der Waals surface area contributed by atoms with E-state index in [0.29, 0.717) is 11.8 Å². The predicted molar refractivity (Wildman–Crippen MR) is 102 cm³/mol. The highest BCUT2D eigenvalue weighted by molar-refractivity contribution is 5.67. The summed E-state index contributed by atoms with van der Waals surface area (Å²) in [6.45, 7) is 3.22. The highest BCUT2D eigenvalue weighted by Crippen LogP contribution is 2.32. The van der Waals surface area contributed by atoms with E-state index >= 15 is 0 Å². The molecule has 0 spiro atoms. The maximum atomic E-state index is 5.45. The maximum absolute atomic E-state index is 5.45. The van der Waals surface area contributed by atoms with Crippen molar-refractivity contribution in [3.05, 3.63) is 30.6 Å². The second-order valence-electron chi connectivity index (χ2n) is 6.80. The maximum Gasteiger partial charge on any atom is 0.146 e. The molecule has 0 radical (unpaired) electrons. The third-order valence-electron chi connectivity index (χ3n) is 5.30. The molecule has 2 fully saturated rings. The molecule has 26 heavy (non-hydrogen) atoms. The number of aromatic nitrogens is 2. The van der Waals surface area contributed by atoms with Crippen molar-refractivity contribution in [1.82, 2.24) is 15.3 Å². The summed E-state index contributed by atoms with van der Waals surface area (Å²) in [6.07, 6.45) is 4.04. The van der Waals surface area contributed by atoms with Gasteiger partial charge in [-0.15, -0.1) is 0 Å². The smallest absolute Gasteiger partial charge is 0.146 e. The Labute approximate surface area is 153 Å². The number of rotatable bonds is 5. The molecule has 2 N–H and O–H groups in total. The van der Waals surface area contributed by atoms with Gasteiger partial charge >= 0.3 is 0 Å². The minimum atomic E-state index is 0.675. The van der Waals surface area contributed by atoms with E-state index in [4.69, 9.17) is 9.47 Å². The third-order valence-corrected chi connectivity index (χ3v) is 5.30. The summed E-state index contributed by atoms with van der Waals surface area (Å²) >= 11 is 0. The highest BCUT2D eigenvalue weighted by Gasteiger charge is 2.33. The summed E-state index contributed by atoms with van der Waals surface area (Å²) in [5.41, 5.74) is 0.844. The van der Waals surface area contributed by atoms with Crippen molar-refractivity contribution in [2.24, 2.45) is 5.92 Å². The average Bonchev–Trinajstić information content (AvgIpc) is 3.16. The molecule has 7 nitrogen and oxygen atoms in total. The fraction of sp³-hybridized carbons (Fsp3) is 0.474. The number of piperidine rings is 1. The summed E-state index contributed by atoms with van der Waals surface area (Å²) in [5.74, 6) is 3.91. The highest BCUT2D eigenvalue weighted by atomic mass is 16.5. The molecule has 0 aliphatic carbocycles. The summed E-state index contributed by atoms with van der Waals surface area (Å²) in [4.78, 5) is 11.2. The van der Waals surface area contributed by atoms with Gasteiger partial charge in [-0.1, -0.05) is 0 Å². The van der Waals surface area contributed by atoms with Crippen LogP contribution in [0, 0.1) is 5.92 Å². The Kier molecular flexibility index (Phi) is 4.79. The van der Waals surface area contributed by atoms with E-state index in [1.54, 1.807) is 20.5 Å². The summed E-state index contributed by atoms with van der Waals surface area (Å²) < 4.78 is 10.7. The molecule has 2 aliphatic heterocycles. The van der Waals surface area contributed by atoms with Gasteiger partial charge in [-0.2, -0.15) is 0 Å². The van der Waals surface area contributed by atoms with E-state index in [0.717, 1.165) is 48.6 Å². The monoisotopic (exact) mass is 355 g/mol. The van der Waals surface area contributed by atoms with Crippen molar-refractivity contribution in [3.8, 4) is 11.5 Å². The summed E-state index contributed by atoms with van der Waals surface area (Å²) in [7, 11) is 3.28. The third kappa shape index (κ3) is 3.39. The zero-order valence-electron chi connectivity index (χ0n) is 15.2. The second kappa shape index (κ2) is 7.37. The Morgan fingerprint density at radius 1 is 1.15 bits per heavy atom. The number of nitrogens with one attached hydrogen (secondary N) is 2. The first kappa shape index (κ1) is 16.9. The van der Waals surface area contributed by atoms with Crippen LogP contribution in [-0.4, -0.2) is 49.9 Å². The fourth-order valence-electron chi connectivity index (χ4n) is 3.88. The molecular formula is C19H25N5O2. The summed E-state index contributed by atoms with van der Waals surface area (Å²) in [5, 5.41) is 6.93. The van der Waals surface area contributed by atoms with Gasteiger partial charge in [0.2, 0.25) is 0 Å². The van der Waals surface area contributed by atoms with Crippen molar-refractivity contribution in [2.45, 2.75) is 18.9 Å². The molecule has 2 aliphatic rings. The number of benzene rings is 1. The van der Waals surface area contributed by atoms with Gasteiger partial charge in [-0.25, -0.2) is 9.97 Å². The van der Waals surface area contributed by atoms with Crippen LogP contribution in [0.25, 0.3) is 0 Å². The fourth-order valence-corrected chi connectivity index (χ4v) is 3.88. The van der Waals surface area contributed by atoms with Gasteiger partial charge in [0.15, 0.2) is 0 Å². The van der Waals surface area contributed by atoms with Crippen LogP contribution in [-0.2, 0) is 0 Å². The molecule has 138 valence electrons. The van der Waals surface area contributed by atoms with Crippen LogP contribution in [0.1, 0.15) is 12.8 Å². The Balaban J connectivity index is 1.51. The molecule has 1 aromatic carbocycles. The topological polar surface area (TPSA) is 71.5 Å². The molecule has 1 aromatic heterocycles. The van der Waals surface area contributed by atoms with Gasteiger partial charge in [-0.05, 0) is 37.4 Å².